The summed E-state index contributed by atoms with van der Waals surface area (Å²) in [5.74, 6) is -3.04. The van der Waals surface area contributed by atoms with Crippen LogP contribution in [0.15, 0.2) is 0 Å². The molecule has 0 bridgehead atoms. The van der Waals surface area contributed by atoms with Gasteiger partial charge in [-0.15, -0.1) is 0 Å². The molecule has 2 amide bonds. The molecule has 6 heteroatoms. The molecular formula is C11H20N2O4. The zero-order chi connectivity index (χ0) is 13.6. The number of hydrogen-bond donors (Lipinski definition) is 3. The minimum atomic E-state index is -1.18. The van der Waals surface area contributed by atoms with Gasteiger partial charge in [-0.1, -0.05) is 0 Å². The number of hydrogen-bond acceptors (Lipinski definition) is 3. The number of amides is 2. The smallest absolute Gasteiger partial charge is 0.315 e. The van der Waals surface area contributed by atoms with Crippen molar-refractivity contribution in [2.75, 3.05) is 6.54 Å². The molecule has 6 nitrogen and oxygen atoms in total. The molecule has 0 fully saturated rings. The first-order chi connectivity index (χ1) is 7.63. The van der Waals surface area contributed by atoms with Crippen molar-refractivity contribution in [1.82, 2.24) is 10.6 Å². The van der Waals surface area contributed by atoms with Gasteiger partial charge in [0.15, 0.2) is 0 Å². The Morgan fingerprint density at radius 1 is 1.24 bits per heavy atom. The van der Waals surface area contributed by atoms with Crippen LogP contribution in [0.4, 0.5) is 0 Å². The van der Waals surface area contributed by atoms with E-state index in [2.05, 4.69) is 10.6 Å². The zero-order valence-electron chi connectivity index (χ0n) is 10.7. The minimum Gasteiger partial charge on any atom is -0.481 e. The Kier molecular flexibility index (Phi) is 5.64. The van der Waals surface area contributed by atoms with Crippen LogP contribution in [0.1, 0.15) is 34.1 Å². The maximum atomic E-state index is 11.4. The third kappa shape index (κ3) is 7.32. The van der Waals surface area contributed by atoms with Crippen LogP contribution in [0.25, 0.3) is 0 Å². The van der Waals surface area contributed by atoms with Crippen molar-refractivity contribution in [3.63, 3.8) is 0 Å². The summed E-state index contributed by atoms with van der Waals surface area (Å²) in [5.41, 5.74) is -0.310. The standard InChI is InChI=1S/C11H20N2O4/c1-7(10(16)17)9(15)12-6-5-8(14)13-11(2,3)4/h7H,5-6H2,1-4H3,(H,12,15)(H,13,14)(H,16,17). The zero-order valence-corrected chi connectivity index (χ0v) is 10.7. The van der Waals surface area contributed by atoms with Crippen molar-refractivity contribution in [1.29, 1.82) is 0 Å². The second-order valence-corrected chi connectivity index (χ2v) is 4.90. The normalized spacial score (nSPS) is 12.7. The summed E-state index contributed by atoms with van der Waals surface area (Å²) in [5, 5.41) is 13.7. The van der Waals surface area contributed by atoms with Gasteiger partial charge >= 0.3 is 5.97 Å². The van der Waals surface area contributed by atoms with E-state index in [1.165, 1.54) is 6.92 Å². The Hall–Kier alpha value is -1.59. The van der Waals surface area contributed by atoms with Crippen LogP contribution in [0.2, 0.25) is 0 Å². The fourth-order valence-corrected chi connectivity index (χ4v) is 1.05. The molecule has 0 aliphatic rings. The van der Waals surface area contributed by atoms with E-state index in [-0.39, 0.29) is 24.4 Å². The van der Waals surface area contributed by atoms with Gasteiger partial charge in [-0.3, -0.25) is 14.4 Å². The number of carboxylic acid groups (broad SMARTS) is 1. The molecule has 0 spiro atoms. The molecule has 0 aliphatic carbocycles. The van der Waals surface area contributed by atoms with Gasteiger partial charge in [0.1, 0.15) is 5.92 Å². The second-order valence-electron chi connectivity index (χ2n) is 4.90. The highest BCUT2D eigenvalue weighted by Crippen LogP contribution is 1.99. The summed E-state index contributed by atoms with van der Waals surface area (Å²) in [7, 11) is 0. The topological polar surface area (TPSA) is 95.5 Å². The van der Waals surface area contributed by atoms with Gasteiger partial charge in [-0.05, 0) is 27.7 Å². The Morgan fingerprint density at radius 3 is 2.18 bits per heavy atom. The molecular weight excluding hydrogens is 224 g/mol. The molecule has 1 unspecified atom stereocenters. The SMILES string of the molecule is CC(C(=O)O)C(=O)NCCC(=O)NC(C)(C)C. The number of rotatable bonds is 5. The van der Waals surface area contributed by atoms with Crippen LogP contribution in [-0.4, -0.2) is 35.0 Å². The van der Waals surface area contributed by atoms with Gasteiger partial charge < -0.3 is 15.7 Å². The summed E-state index contributed by atoms with van der Waals surface area (Å²) < 4.78 is 0. The number of carbonyl (C=O) groups is 3. The van der Waals surface area contributed by atoms with E-state index in [9.17, 15) is 14.4 Å². The summed E-state index contributed by atoms with van der Waals surface area (Å²) in [6.07, 6.45) is 0.134. The van der Waals surface area contributed by atoms with Crippen LogP contribution in [0.5, 0.6) is 0 Å². The third-order valence-corrected chi connectivity index (χ3v) is 1.93. The van der Waals surface area contributed by atoms with Crippen LogP contribution < -0.4 is 10.6 Å². The Labute approximate surface area is 101 Å². The maximum Gasteiger partial charge on any atom is 0.315 e. The van der Waals surface area contributed by atoms with Crippen molar-refractivity contribution < 1.29 is 19.5 Å². The molecule has 3 N–H and O–H groups in total. The first kappa shape index (κ1) is 15.4. The van der Waals surface area contributed by atoms with Gasteiger partial charge in [0.2, 0.25) is 11.8 Å². The van der Waals surface area contributed by atoms with E-state index in [1.807, 2.05) is 20.8 Å². The summed E-state index contributed by atoms with van der Waals surface area (Å²) in [4.78, 5) is 33.1. The van der Waals surface area contributed by atoms with Crippen LogP contribution in [-0.2, 0) is 14.4 Å². The van der Waals surface area contributed by atoms with Gasteiger partial charge in [0.25, 0.3) is 0 Å². The Morgan fingerprint density at radius 2 is 1.76 bits per heavy atom. The lowest BCUT2D eigenvalue weighted by atomic mass is 10.1. The largest absolute Gasteiger partial charge is 0.481 e. The second kappa shape index (κ2) is 6.22. The first-order valence-corrected chi connectivity index (χ1v) is 5.45. The summed E-state index contributed by atoms with van der Waals surface area (Å²) >= 11 is 0. The highest BCUT2D eigenvalue weighted by Gasteiger charge is 2.20. The molecule has 0 radical (unpaired) electrons. The number of carboxylic acids is 1. The molecule has 0 aromatic rings. The fourth-order valence-electron chi connectivity index (χ4n) is 1.05. The van der Waals surface area contributed by atoms with E-state index in [4.69, 9.17) is 5.11 Å². The summed E-state index contributed by atoms with van der Waals surface area (Å²) in [6, 6.07) is 0. The molecule has 17 heavy (non-hydrogen) atoms. The number of aliphatic carboxylic acids is 1. The molecule has 0 aliphatic heterocycles. The molecule has 0 aromatic carbocycles. The minimum absolute atomic E-state index is 0.134. The predicted octanol–water partition coefficient (Wildman–Crippen LogP) is 0.128. The fraction of sp³-hybridized carbons (Fsp3) is 0.727. The molecule has 0 rings (SSSR count). The van der Waals surface area contributed by atoms with Gasteiger partial charge in [0.05, 0.1) is 0 Å². The van der Waals surface area contributed by atoms with Gasteiger partial charge in [-0.25, -0.2) is 0 Å². The van der Waals surface area contributed by atoms with E-state index in [1.54, 1.807) is 0 Å². The average Bonchev–Trinajstić information content (AvgIpc) is 2.13. The monoisotopic (exact) mass is 244 g/mol. The molecule has 0 aromatic heterocycles. The highest BCUT2D eigenvalue weighted by molar-refractivity contribution is 5.96. The lowest BCUT2D eigenvalue weighted by Gasteiger charge is -2.20. The van der Waals surface area contributed by atoms with Crippen molar-refractivity contribution in [2.24, 2.45) is 5.92 Å². The van der Waals surface area contributed by atoms with Crippen molar-refractivity contribution in [2.45, 2.75) is 39.7 Å². The Bertz CT molecular complexity index is 307. The quantitative estimate of drug-likeness (QED) is 0.599. The third-order valence-electron chi connectivity index (χ3n) is 1.93. The predicted molar refractivity (Wildman–Crippen MR) is 62.3 cm³/mol. The molecule has 1 atom stereocenters. The highest BCUT2D eigenvalue weighted by atomic mass is 16.4. The van der Waals surface area contributed by atoms with E-state index in [0.717, 1.165) is 0 Å². The lowest BCUT2D eigenvalue weighted by Crippen LogP contribution is -2.42. The van der Waals surface area contributed by atoms with Crippen molar-refractivity contribution in [3.05, 3.63) is 0 Å². The molecule has 0 heterocycles. The summed E-state index contributed by atoms with van der Waals surface area (Å²) in [6.45, 7) is 7.01. The molecule has 0 saturated heterocycles. The average molecular weight is 244 g/mol. The number of carbonyl (C=O) groups excluding carboxylic acids is 2. The lowest BCUT2D eigenvalue weighted by molar-refractivity contribution is -0.146. The van der Waals surface area contributed by atoms with Gasteiger partial charge in [0, 0.05) is 18.5 Å². The van der Waals surface area contributed by atoms with Crippen molar-refractivity contribution >= 4 is 17.8 Å². The van der Waals surface area contributed by atoms with Crippen LogP contribution in [0.3, 0.4) is 0 Å². The van der Waals surface area contributed by atoms with Gasteiger partial charge in [-0.2, -0.15) is 0 Å². The van der Waals surface area contributed by atoms with Crippen LogP contribution in [0, 0.1) is 5.92 Å². The maximum absolute atomic E-state index is 11.4. The van der Waals surface area contributed by atoms with E-state index < -0.39 is 17.8 Å². The van der Waals surface area contributed by atoms with E-state index in [0.29, 0.717) is 0 Å². The molecule has 98 valence electrons. The van der Waals surface area contributed by atoms with Crippen molar-refractivity contribution in [3.8, 4) is 0 Å². The van der Waals surface area contributed by atoms with Crippen LogP contribution >= 0.6 is 0 Å². The first-order valence-electron chi connectivity index (χ1n) is 5.45. The molecule has 0 saturated carbocycles. The van der Waals surface area contributed by atoms with E-state index >= 15 is 0 Å². The Balaban J connectivity index is 3.89. The number of nitrogens with one attached hydrogen (secondary N) is 2.